The maximum atomic E-state index is 12.4. The summed E-state index contributed by atoms with van der Waals surface area (Å²) in [4.78, 5) is 20.1. The van der Waals surface area contributed by atoms with Crippen LogP contribution in [0.5, 0.6) is 0 Å². The number of halogens is 1. The summed E-state index contributed by atoms with van der Waals surface area (Å²) in [5.41, 5.74) is 7.23. The predicted octanol–water partition coefficient (Wildman–Crippen LogP) is 5.69. The smallest absolute Gasteiger partial charge is 0.246 e. The van der Waals surface area contributed by atoms with E-state index in [-0.39, 0.29) is 11.8 Å². The van der Waals surface area contributed by atoms with Crippen molar-refractivity contribution in [3.05, 3.63) is 85.4 Å². The molecular formula is C23H21IN2OS. The molecular weight excluding hydrogens is 479 g/mol. The van der Waals surface area contributed by atoms with E-state index in [4.69, 9.17) is 0 Å². The lowest BCUT2D eigenvalue weighted by Gasteiger charge is -2.33. The lowest BCUT2D eigenvalue weighted by Crippen LogP contribution is -2.37. The summed E-state index contributed by atoms with van der Waals surface area (Å²) in [5.74, 6) is 0.132. The van der Waals surface area contributed by atoms with Crippen LogP contribution in [-0.4, -0.2) is 22.3 Å². The average Bonchev–Trinajstić information content (AvgIpc) is 3.07. The van der Waals surface area contributed by atoms with Gasteiger partial charge in [-0.25, -0.2) is 0 Å². The molecule has 2 aromatic heterocycles. The average molecular weight is 500 g/mol. The number of aromatic nitrogens is 1. The van der Waals surface area contributed by atoms with Gasteiger partial charge in [0, 0.05) is 34.8 Å². The second-order valence-corrected chi connectivity index (χ2v) is 10.1. The topological polar surface area (TPSA) is 33.2 Å². The van der Waals surface area contributed by atoms with Gasteiger partial charge in [-0.05, 0) is 76.9 Å². The Morgan fingerprint density at radius 1 is 1.29 bits per heavy atom. The number of hydrogen-bond donors (Lipinski definition) is 0. The van der Waals surface area contributed by atoms with Gasteiger partial charge in [-0.15, -0.1) is 11.3 Å². The van der Waals surface area contributed by atoms with E-state index < -0.39 is 0 Å². The van der Waals surface area contributed by atoms with Gasteiger partial charge in [0.15, 0.2) is 0 Å². The van der Waals surface area contributed by atoms with Crippen molar-refractivity contribution >= 4 is 39.8 Å². The Kier molecular flexibility index (Phi) is 5.38. The molecule has 1 aliphatic heterocycles. The lowest BCUT2D eigenvalue weighted by atomic mass is 9.83. The van der Waals surface area contributed by atoms with Crippen LogP contribution in [0.4, 0.5) is 0 Å². The first-order valence-electron chi connectivity index (χ1n) is 9.20. The molecule has 1 atom stereocenters. The molecule has 0 saturated heterocycles. The van der Waals surface area contributed by atoms with Crippen molar-refractivity contribution in [3.63, 3.8) is 0 Å². The Morgan fingerprint density at radius 3 is 2.82 bits per heavy atom. The molecule has 0 unspecified atom stereocenters. The molecule has 0 aliphatic carbocycles. The Bertz CT molecular complexity index is 1050. The zero-order valence-electron chi connectivity index (χ0n) is 15.9. The fraction of sp³-hybridized carbons (Fsp3) is 0.217. The minimum absolute atomic E-state index is 0.00900. The maximum absolute atomic E-state index is 12.4. The summed E-state index contributed by atoms with van der Waals surface area (Å²) in [6.45, 7) is 9.21. The highest BCUT2D eigenvalue weighted by Crippen LogP contribution is 2.42. The van der Waals surface area contributed by atoms with Crippen molar-refractivity contribution < 1.29 is 4.79 Å². The second-order valence-electron chi connectivity index (χ2n) is 7.08. The molecule has 0 spiro atoms. The van der Waals surface area contributed by atoms with Gasteiger partial charge < -0.3 is 4.90 Å². The molecule has 3 nitrogen and oxygen atoms in total. The first kappa shape index (κ1) is 19.3. The zero-order chi connectivity index (χ0) is 19.8. The summed E-state index contributed by atoms with van der Waals surface area (Å²) in [5, 5.41) is 0. The summed E-state index contributed by atoms with van der Waals surface area (Å²) in [6.07, 6.45) is 3.28. The summed E-state index contributed by atoms with van der Waals surface area (Å²) >= 11 is 4.15. The van der Waals surface area contributed by atoms with E-state index in [1.54, 1.807) is 11.3 Å². The Balaban J connectivity index is 1.89. The van der Waals surface area contributed by atoms with Crippen molar-refractivity contribution in [3.8, 4) is 11.1 Å². The number of carbonyl (C=O) groups excluding carboxylic acids is 1. The normalized spacial score (nSPS) is 16.0. The number of rotatable bonds is 3. The summed E-state index contributed by atoms with van der Waals surface area (Å²) < 4.78 is 1.26. The van der Waals surface area contributed by atoms with Crippen molar-refractivity contribution in [1.82, 2.24) is 9.88 Å². The van der Waals surface area contributed by atoms with Gasteiger partial charge in [-0.2, -0.15) is 0 Å². The minimum atomic E-state index is -0.00900. The minimum Gasteiger partial charge on any atom is -0.333 e. The van der Waals surface area contributed by atoms with Gasteiger partial charge >= 0.3 is 0 Å². The van der Waals surface area contributed by atoms with E-state index in [1.165, 1.54) is 41.7 Å². The van der Waals surface area contributed by atoms with Gasteiger partial charge in [0.1, 0.15) is 0 Å². The molecule has 5 heteroatoms. The molecule has 4 rings (SSSR count). The number of thiophene rings is 1. The number of fused-ring (bicyclic) bond motifs is 1. The van der Waals surface area contributed by atoms with Crippen LogP contribution in [0.25, 0.3) is 11.1 Å². The molecule has 0 radical (unpaired) electrons. The number of pyridine rings is 1. The lowest BCUT2D eigenvalue weighted by molar-refractivity contribution is -0.127. The van der Waals surface area contributed by atoms with Crippen LogP contribution in [0, 0.1) is 16.7 Å². The standard InChI is InChI=1S/C23H21IN2OS/c1-4-22(27)26-12-19(18-11-21(24)28-20(18)13-26)16-7-5-6-8-17(16)23-14(2)9-10-25-15(23)3/h4-11,19H,1,12-13H2,2-3H3/t19-/m1/s1. The quantitative estimate of drug-likeness (QED) is 0.342. The van der Waals surface area contributed by atoms with Crippen molar-refractivity contribution in [2.45, 2.75) is 26.3 Å². The molecule has 142 valence electrons. The first-order chi connectivity index (χ1) is 13.5. The van der Waals surface area contributed by atoms with E-state index in [9.17, 15) is 4.79 Å². The monoisotopic (exact) mass is 500 g/mol. The van der Waals surface area contributed by atoms with E-state index in [0.717, 1.165) is 5.69 Å². The number of aryl methyl sites for hydroxylation is 2. The van der Waals surface area contributed by atoms with Crippen LogP contribution >= 0.6 is 33.9 Å². The van der Waals surface area contributed by atoms with Crippen LogP contribution in [0.1, 0.15) is 33.2 Å². The Morgan fingerprint density at radius 2 is 2.07 bits per heavy atom. The van der Waals surface area contributed by atoms with Crippen LogP contribution in [-0.2, 0) is 11.3 Å². The van der Waals surface area contributed by atoms with Crippen molar-refractivity contribution in [2.75, 3.05) is 6.54 Å². The molecule has 0 bridgehead atoms. The van der Waals surface area contributed by atoms with E-state index in [1.807, 2.05) is 11.1 Å². The van der Waals surface area contributed by atoms with Gasteiger partial charge in [-0.3, -0.25) is 9.78 Å². The largest absolute Gasteiger partial charge is 0.333 e. The molecule has 3 heterocycles. The Labute approximate surface area is 183 Å². The predicted molar refractivity (Wildman–Crippen MR) is 124 cm³/mol. The van der Waals surface area contributed by atoms with Gasteiger partial charge in [-0.1, -0.05) is 30.8 Å². The molecule has 1 aromatic carbocycles. The molecule has 3 aromatic rings. The fourth-order valence-corrected chi connectivity index (χ4v) is 6.17. The molecule has 1 amide bonds. The molecule has 28 heavy (non-hydrogen) atoms. The maximum Gasteiger partial charge on any atom is 0.246 e. The number of nitrogens with zero attached hydrogens (tertiary/aromatic N) is 2. The third-order valence-corrected chi connectivity index (χ3v) is 7.26. The third-order valence-electron chi connectivity index (χ3n) is 5.37. The van der Waals surface area contributed by atoms with E-state index in [0.29, 0.717) is 13.1 Å². The van der Waals surface area contributed by atoms with Crippen LogP contribution in [0.2, 0.25) is 0 Å². The zero-order valence-corrected chi connectivity index (χ0v) is 18.9. The Hall–Kier alpha value is -1.99. The van der Waals surface area contributed by atoms with Crippen molar-refractivity contribution in [1.29, 1.82) is 0 Å². The highest BCUT2D eigenvalue weighted by Gasteiger charge is 2.31. The highest BCUT2D eigenvalue weighted by atomic mass is 127. The summed E-state index contributed by atoms with van der Waals surface area (Å²) in [6, 6.07) is 12.9. The third kappa shape index (κ3) is 3.42. The molecule has 0 fully saturated rings. The summed E-state index contributed by atoms with van der Waals surface area (Å²) in [7, 11) is 0. The van der Waals surface area contributed by atoms with Gasteiger partial charge in [0.2, 0.25) is 5.91 Å². The van der Waals surface area contributed by atoms with E-state index >= 15 is 0 Å². The number of hydrogen-bond acceptors (Lipinski definition) is 3. The van der Waals surface area contributed by atoms with Crippen LogP contribution < -0.4 is 0 Å². The number of carbonyl (C=O) groups is 1. The molecule has 0 N–H and O–H groups in total. The SMILES string of the molecule is C=CC(=O)N1Cc2sc(I)cc2[C@@H](c2ccccc2-c2c(C)ccnc2C)C1. The molecule has 0 saturated carbocycles. The van der Waals surface area contributed by atoms with Gasteiger partial charge in [0.25, 0.3) is 0 Å². The number of benzene rings is 1. The van der Waals surface area contributed by atoms with Crippen LogP contribution in [0.3, 0.4) is 0 Å². The van der Waals surface area contributed by atoms with E-state index in [2.05, 4.69) is 84.4 Å². The van der Waals surface area contributed by atoms with Gasteiger partial charge in [0.05, 0.1) is 9.43 Å². The highest BCUT2D eigenvalue weighted by molar-refractivity contribution is 14.1. The second kappa shape index (κ2) is 7.79. The van der Waals surface area contributed by atoms with Crippen LogP contribution in [0.15, 0.2) is 55.3 Å². The number of amides is 1. The molecule has 1 aliphatic rings. The first-order valence-corrected chi connectivity index (χ1v) is 11.1. The van der Waals surface area contributed by atoms with Crippen molar-refractivity contribution in [2.24, 2.45) is 0 Å². The fourth-order valence-electron chi connectivity index (χ4n) is 4.08.